The van der Waals surface area contributed by atoms with Gasteiger partial charge in [-0.3, -0.25) is 5.41 Å². The zero-order chi connectivity index (χ0) is 20.2. The van der Waals surface area contributed by atoms with Crippen molar-refractivity contribution in [2.45, 2.75) is 50.3 Å². The molecule has 2 aromatic rings. The highest BCUT2D eigenvalue weighted by Gasteiger charge is 2.41. The maximum atomic E-state index is 14.3. The van der Waals surface area contributed by atoms with Crippen molar-refractivity contribution in [3.8, 4) is 5.75 Å². The molecule has 8 heteroatoms. The minimum Gasteiger partial charge on any atom is -0.484 e. The first kappa shape index (κ1) is 18.3. The summed E-state index contributed by atoms with van der Waals surface area (Å²) in [5, 5.41) is 8.66. The molecule has 5 rings (SSSR count). The Hall–Kier alpha value is -2.74. The topological polar surface area (TPSA) is 97.3 Å². The van der Waals surface area contributed by atoms with Crippen LogP contribution in [0.15, 0.2) is 24.5 Å². The second-order valence-corrected chi connectivity index (χ2v) is 8.39. The Kier molecular flexibility index (Phi) is 4.20. The maximum absolute atomic E-state index is 14.3. The van der Waals surface area contributed by atoms with Crippen molar-refractivity contribution in [1.29, 1.82) is 5.41 Å². The summed E-state index contributed by atoms with van der Waals surface area (Å²) in [4.78, 5) is 11.0. The number of anilines is 2. The van der Waals surface area contributed by atoms with E-state index in [9.17, 15) is 4.39 Å². The Bertz CT molecular complexity index is 962. The predicted molar refractivity (Wildman–Crippen MR) is 107 cm³/mol. The molecule has 1 aliphatic carbocycles. The standard InChI is InChI=1S/C21H24FN5O2/c1-21(4-5-21)29-18-6-14(16(23)7-15(18)22)20(24)17-8-19(26-11-25-17)27-12-2-3-13(27)10-28-9-12/h6-8,11-13,24H,2-5,9-10,23H2,1H3. The van der Waals surface area contributed by atoms with Crippen LogP contribution in [0.2, 0.25) is 0 Å². The Morgan fingerprint density at radius 1 is 1.24 bits per heavy atom. The van der Waals surface area contributed by atoms with E-state index in [2.05, 4.69) is 14.9 Å². The number of benzene rings is 1. The lowest BCUT2D eigenvalue weighted by Crippen LogP contribution is -2.46. The van der Waals surface area contributed by atoms with E-state index in [-0.39, 0.29) is 22.7 Å². The molecule has 2 unspecified atom stereocenters. The lowest BCUT2D eigenvalue weighted by molar-refractivity contribution is 0.0902. The molecule has 3 N–H and O–H groups in total. The Morgan fingerprint density at radius 2 is 1.97 bits per heavy atom. The third-order valence-electron chi connectivity index (χ3n) is 6.10. The molecule has 0 amide bonds. The van der Waals surface area contributed by atoms with Crippen molar-refractivity contribution in [2.24, 2.45) is 0 Å². The van der Waals surface area contributed by atoms with Crippen LogP contribution in [0.1, 0.15) is 43.9 Å². The Morgan fingerprint density at radius 3 is 2.66 bits per heavy atom. The van der Waals surface area contributed by atoms with Crippen LogP contribution in [0.5, 0.6) is 5.75 Å². The molecule has 0 spiro atoms. The number of nitrogen functional groups attached to an aromatic ring is 1. The molecule has 3 aliphatic rings. The van der Waals surface area contributed by atoms with Gasteiger partial charge in [-0.2, -0.15) is 0 Å². The van der Waals surface area contributed by atoms with E-state index in [1.54, 1.807) is 0 Å². The number of halogens is 1. The molecular weight excluding hydrogens is 373 g/mol. The molecule has 2 aliphatic heterocycles. The van der Waals surface area contributed by atoms with Gasteiger partial charge in [0, 0.05) is 23.4 Å². The highest BCUT2D eigenvalue weighted by Crippen LogP contribution is 2.41. The van der Waals surface area contributed by atoms with E-state index in [0.717, 1.165) is 31.5 Å². The zero-order valence-corrected chi connectivity index (χ0v) is 16.3. The van der Waals surface area contributed by atoms with E-state index < -0.39 is 5.82 Å². The number of rotatable bonds is 5. The van der Waals surface area contributed by atoms with Gasteiger partial charge in [-0.15, -0.1) is 0 Å². The van der Waals surface area contributed by atoms with E-state index in [1.807, 2.05) is 13.0 Å². The van der Waals surface area contributed by atoms with Crippen molar-refractivity contribution in [1.82, 2.24) is 9.97 Å². The lowest BCUT2D eigenvalue weighted by atomic mass is 10.0. The molecule has 152 valence electrons. The van der Waals surface area contributed by atoms with Gasteiger partial charge in [0.25, 0.3) is 0 Å². The largest absolute Gasteiger partial charge is 0.484 e. The van der Waals surface area contributed by atoms with Crippen LogP contribution in [-0.2, 0) is 4.74 Å². The first-order valence-corrected chi connectivity index (χ1v) is 9.99. The average Bonchev–Trinajstić information content (AvgIpc) is 3.38. The molecule has 1 aromatic heterocycles. The van der Waals surface area contributed by atoms with Crippen molar-refractivity contribution >= 4 is 17.2 Å². The van der Waals surface area contributed by atoms with Gasteiger partial charge in [-0.05, 0) is 38.7 Å². The van der Waals surface area contributed by atoms with Crippen molar-refractivity contribution in [3.63, 3.8) is 0 Å². The summed E-state index contributed by atoms with van der Waals surface area (Å²) >= 11 is 0. The summed E-state index contributed by atoms with van der Waals surface area (Å²) in [7, 11) is 0. The summed E-state index contributed by atoms with van der Waals surface area (Å²) < 4.78 is 25.8. The van der Waals surface area contributed by atoms with Gasteiger partial charge >= 0.3 is 0 Å². The van der Waals surface area contributed by atoms with Gasteiger partial charge in [0.05, 0.1) is 36.7 Å². The van der Waals surface area contributed by atoms with Crippen LogP contribution in [-0.4, -0.2) is 46.6 Å². The number of hydrogen-bond donors (Lipinski definition) is 2. The number of nitrogens with two attached hydrogens (primary N) is 1. The fourth-order valence-electron chi connectivity index (χ4n) is 4.17. The summed E-state index contributed by atoms with van der Waals surface area (Å²) in [6.07, 6.45) is 5.40. The minimum atomic E-state index is -0.513. The molecule has 2 bridgehead atoms. The second-order valence-electron chi connectivity index (χ2n) is 8.39. The summed E-state index contributed by atoms with van der Waals surface area (Å²) in [6, 6.07) is 5.15. The van der Waals surface area contributed by atoms with Gasteiger partial charge in [0.15, 0.2) is 11.6 Å². The molecule has 0 radical (unpaired) electrons. The van der Waals surface area contributed by atoms with Crippen LogP contribution in [0.4, 0.5) is 15.9 Å². The summed E-state index contributed by atoms with van der Waals surface area (Å²) in [5.41, 5.74) is 6.87. The Balaban J connectivity index is 1.46. The van der Waals surface area contributed by atoms with E-state index in [4.69, 9.17) is 20.6 Å². The van der Waals surface area contributed by atoms with Gasteiger partial charge in [-0.25, -0.2) is 14.4 Å². The fourth-order valence-corrected chi connectivity index (χ4v) is 4.17. The normalized spacial score (nSPS) is 24.4. The average molecular weight is 397 g/mol. The Labute approximate surface area is 168 Å². The fraction of sp³-hybridized carbons (Fsp3) is 0.476. The number of aromatic nitrogens is 2. The number of nitrogens with zero attached hydrogens (tertiary/aromatic N) is 3. The predicted octanol–water partition coefficient (Wildman–Crippen LogP) is 2.91. The molecule has 2 atom stereocenters. The van der Waals surface area contributed by atoms with Gasteiger partial charge in [-0.1, -0.05) is 0 Å². The van der Waals surface area contributed by atoms with Crippen molar-refractivity contribution in [3.05, 3.63) is 41.6 Å². The summed E-state index contributed by atoms with van der Waals surface area (Å²) in [5.74, 6) is 0.401. The molecule has 3 fully saturated rings. The van der Waals surface area contributed by atoms with Crippen molar-refractivity contribution < 1.29 is 13.9 Å². The number of nitrogens with one attached hydrogen (secondary N) is 1. The quantitative estimate of drug-likeness (QED) is 0.595. The SMILES string of the molecule is CC1(Oc2cc(C(=N)c3cc(N4C5CCC4COC5)ncn3)c(N)cc2F)CC1. The lowest BCUT2D eigenvalue weighted by Gasteiger charge is -2.35. The van der Waals surface area contributed by atoms with Crippen LogP contribution in [0.25, 0.3) is 0 Å². The van der Waals surface area contributed by atoms with Crippen LogP contribution in [0.3, 0.4) is 0 Å². The molecule has 3 heterocycles. The number of hydrogen-bond acceptors (Lipinski definition) is 7. The van der Waals surface area contributed by atoms with Crippen LogP contribution >= 0.6 is 0 Å². The van der Waals surface area contributed by atoms with Gasteiger partial charge < -0.3 is 20.1 Å². The van der Waals surface area contributed by atoms with Crippen molar-refractivity contribution in [2.75, 3.05) is 23.8 Å². The first-order chi connectivity index (χ1) is 13.9. The second kappa shape index (κ2) is 6.66. The zero-order valence-electron chi connectivity index (χ0n) is 16.3. The van der Waals surface area contributed by atoms with E-state index in [0.29, 0.717) is 36.6 Å². The minimum absolute atomic E-state index is 0.123. The van der Waals surface area contributed by atoms with E-state index in [1.165, 1.54) is 18.5 Å². The van der Waals surface area contributed by atoms with Gasteiger partial charge in [0.2, 0.25) is 0 Å². The molecule has 1 saturated carbocycles. The molecule has 7 nitrogen and oxygen atoms in total. The maximum Gasteiger partial charge on any atom is 0.167 e. The third-order valence-corrected chi connectivity index (χ3v) is 6.10. The third kappa shape index (κ3) is 3.31. The number of ether oxygens (including phenoxy) is 2. The molecule has 2 saturated heterocycles. The van der Waals surface area contributed by atoms with E-state index >= 15 is 0 Å². The number of fused-ring (bicyclic) bond motifs is 2. The highest BCUT2D eigenvalue weighted by molar-refractivity contribution is 6.13. The first-order valence-electron chi connectivity index (χ1n) is 9.99. The van der Waals surface area contributed by atoms with Gasteiger partial charge in [0.1, 0.15) is 17.7 Å². The highest BCUT2D eigenvalue weighted by atomic mass is 19.1. The molecule has 1 aromatic carbocycles. The number of morpholine rings is 1. The van der Waals surface area contributed by atoms with Crippen LogP contribution < -0.4 is 15.4 Å². The monoisotopic (exact) mass is 397 g/mol. The summed E-state index contributed by atoms with van der Waals surface area (Å²) in [6.45, 7) is 3.33. The molecular formula is C21H24FN5O2. The smallest absolute Gasteiger partial charge is 0.167 e. The molecule has 29 heavy (non-hydrogen) atoms. The van der Waals surface area contributed by atoms with Crippen LogP contribution in [0, 0.1) is 11.2 Å².